The van der Waals surface area contributed by atoms with E-state index in [9.17, 15) is 29.1 Å². The molecule has 0 aliphatic carbocycles. The van der Waals surface area contributed by atoms with Crippen molar-refractivity contribution in [1.29, 1.82) is 0 Å². The molecule has 0 aromatic rings. The fraction of sp³-hybridized carbons (Fsp3) is 0.706. The summed E-state index contributed by atoms with van der Waals surface area (Å²) in [7, 11) is 0. The van der Waals surface area contributed by atoms with Gasteiger partial charge < -0.3 is 32.5 Å². The Labute approximate surface area is 174 Å². The molecule has 0 aromatic carbocycles. The third-order valence-electron chi connectivity index (χ3n) is 4.22. The van der Waals surface area contributed by atoms with Crippen LogP contribution in [-0.2, 0) is 24.0 Å². The van der Waals surface area contributed by atoms with E-state index in [0.717, 1.165) is 0 Å². The highest BCUT2D eigenvalue weighted by molar-refractivity contribution is 7.98. The van der Waals surface area contributed by atoms with Gasteiger partial charge in [0.1, 0.15) is 12.1 Å². The molecule has 4 unspecified atom stereocenters. The van der Waals surface area contributed by atoms with E-state index in [1.54, 1.807) is 6.92 Å². The second-order valence-electron chi connectivity index (χ2n) is 6.61. The Morgan fingerprint density at radius 1 is 1.10 bits per heavy atom. The summed E-state index contributed by atoms with van der Waals surface area (Å²) in [4.78, 5) is 58.6. The summed E-state index contributed by atoms with van der Waals surface area (Å²) in [6, 6.07) is -3.22. The minimum atomic E-state index is -1.18. The highest BCUT2D eigenvalue weighted by Crippen LogP contribution is 2.09. The number of amides is 4. The maximum atomic E-state index is 12.5. The minimum Gasteiger partial charge on any atom is -0.480 e. The molecular formula is C17H31N5O6S. The van der Waals surface area contributed by atoms with E-state index in [-0.39, 0.29) is 18.8 Å². The summed E-state index contributed by atoms with van der Waals surface area (Å²) in [5.41, 5.74) is 10.4. The highest BCUT2D eigenvalue weighted by Gasteiger charge is 2.29. The number of aliphatic carboxylic acids is 1. The number of hydrogen-bond acceptors (Lipinski definition) is 7. The average molecular weight is 434 g/mol. The van der Waals surface area contributed by atoms with Crippen molar-refractivity contribution < 1.29 is 29.1 Å². The molecule has 0 aliphatic heterocycles. The minimum absolute atomic E-state index is 0.278. The number of carbonyl (C=O) groups excluding carboxylic acids is 4. The smallest absolute Gasteiger partial charge is 0.326 e. The molecule has 11 nitrogen and oxygen atoms in total. The van der Waals surface area contributed by atoms with E-state index in [1.165, 1.54) is 11.8 Å². The van der Waals surface area contributed by atoms with Crippen molar-refractivity contribution in [3.05, 3.63) is 0 Å². The lowest BCUT2D eigenvalue weighted by Crippen LogP contribution is -2.55. The Hall–Kier alpha value is -2.34. The molecule has 0 rings (SSSR count). The number of rotatable bonds is 14. The van der Waals surface area contributed by atoms with Gasteiger partial charge in [0, 0.05) is 0 Å². The standard InChI is InChI=1S/C17H31N5O6S/c1-4-9(2)14(17(27)28)22-16(26)11(5-6-29-3)21-13(24)8-20-15(25)10(18)7-12(19)23/h9-11,14H,4-8,18H2,1-3H3,(H2,19,23)(H,20,25)(H,21,24)(H,22,26)(H,27,28). The number of thioether (sulfide) groups is 1. The number of nitrogens with one attached hydrogen (secondary N) is 3. The summed E-state index contributed by atoms with van der Waals surface area (Å²) in [5, 5.41) is 16.5. The zero-order chi connectivity index (χ0) is 22.6. The van der Waals surface area contributed by atoms with E-state index < -0.39 is 54.3 Å². The van der Waals surface area contributed by atoms with Crippen LogP contribution in [0, 0.1) is 5.92 Å². The Morgan fingerprint density at radius 3 is 2.21 bits per heavy atom. The first kappa shape index (κ1) is 26.7. The topological polar surface area (TPSA) is 194 Å². The van der Waals surface area contributed by atoms with E-state index in [2.05, 4.69) is 16.0 Å². The SMILES string of the molecule is CCC(C)C(NC(=O)C(CCSC)NC(=O)CNC(=O)C(N)CC(N)=O)C(=O)O. The predicted molar refractivity (Wildman–Crippen MR) is 109 cm³/mol. The van der Waals surface area contributed by atoms with Gasteiger partial charge in [-0.3, -0.25) is 19.2 Å². The largest absolute Gasteiger partial charge is 0.480 e. The summed E-state index contributed by atoms with van der Waals surface area (Å²) in [6.45, 7) is 3.06. The van der Waals surface area contributed by atoms with E-state index in [4.69, 9.17) is 11.5 Å². The predicted octanol–water partition coefficient (Wildman–Crippen LogP) is -1.84. The van der Waals surface area contributed by atoms with E-state index >= 15 is 0 Å². The average Bonchev–Trinajstić information content (AvgIpc) is 2.65. The van der Waals surface area contributed by atoms with Crippen LogP contribution >= 0.6 is 11.8 Å². The van der Waals surface area contributed by atoms with Crippen LogP contribution in [0.15, 0.2) is 0 Å². The van der Waals surface area contributed by atoms with Gasteiger partial charge in [-0.2, -0.15) is 11.8 Å². The van der Waals surface area contributed by atoms with Crippen molar-refractivity contribution in [2.45, 2.75) is 51.2 Å². The van der Waals surface area contributed by atoms with E-state index in [1.807, 2.05) is 13.2 Å². The van der Waals surface area contributed by atoms with Crippen molar-refractivity contribution in [2.24, 2.45) is 17.4 Å². The molecule has 0 fully saturated rings. The molecule has 0 spiro atoms. The van der Waals surface area contributed by atoms with Crippen molar-refractivity contribution in [3.8, 4) is 0 Å². The fourth-order valence-corrected chi connectivity index (χ4v) is 2.77. The number of primary amides is 1. The zero-order valence-corrected chi connectivity index (χ0v) is 17.7. The monoisotopic (exact) mass is 433 g/mol. The Kier molecular flexibility index (Phi) is 12.7. The van der Waals surface area contributed by atoms with Gasteiger partial charge in [-0.05, 0) is 24.3 Å². The molecule has 8 N–H and O–H groups in total. The van der Waals surface area contributed by atoms with Crippen molar-refractivity contribution in [3.63, 3.8) is 0 Å². The lowest BCUT2D eigenvalue weighted by atomic mass is 9.99. The van der Waals surface area contributed by atoms with Gasteiger partial charge in [-0.1, -0.05) is 20.3 Å². The van der Waals surface area contributed by atoms with Crippen LogP contribution in [0.3, 0.4) is 0 Å². The molecule has 166 valence electrons. The maximum absolute atomic E-state index is 12.5. The van der Waals surface area contributed by atoms with Gasteiger partial charge in [0.05, 0.1) is 19.0 Å². The second-order valence-corrected chi connectivity index (χ2v) is 7.59. The highest BCUT2D eigenvalue weighted by atomic mass is 32.2. The Bertz CT molecular complexity index is 603. The van der Waals surface area contributed by atoms with Crippen LogP contribution in [0.1, 0.15) is 33.1 Å². The summed E-state index contributed by atoms with van der Waals surface area (Å²) in [5.74, 6) is -3.64. The van der Waals surface area contributed by atoms with Crippen LogP contribution in [0.4, 0.5) is 0 Å². The zero-order valence-electron chi connectivity index (χ0n) is 16.9. The summed E-state index contributed by atoms with van der Waals surface area (Å²) < 4.78 is 0. The molecule has 0 aromatic heterocycles. The first-order valence-corrected chi connectivity index (χ1v) is 10.6. The maximum Gasteiger partial charge on any atom is 0.326 e. The molecule has 29 heavy (non-hydrogen) atoms. The fourth-order valence-electron chi connectivity index (χ4n) is 2.29. The molecule has 4 amide bonds. The summed E-state index contributed by atoms with van der Waals surface area (Å²) >= 11 is 1.46. The molecule has 0 bridgehead atoms. The lowest BCUT2D eigenvalue weighted by Gasteiger charge is -2.24. The van der Waals surface area contributed by atoms with E-state index in [0.29, 0.717) is 12.2 Å². The molecule has 0 aliphatic rings. The third kappa shape index (κ3) is 10.7. The quantitative estimate of drug-likeness (QED) is 0.184. The van der Waals surface area contributed by atoms with Crippen LogP contribution in [0.25, 0.3) is 0 Å². The molecule has 4 atom stereocenters. The number of carbonyl (C=O) groups is 5. The summed E-state index contributed by atoms with van der Waals surface area (Å²) in [6.07, 6.45) is 2.30. The van der Waals surface area contributed by atoms with Gasteiger partial charge in [0.25, 0.3) is 0 Å². The molecule has 0 radical (unpaired) electrons. The Morgan fingerprint density at radius 2 is 1.72 bits per heavy atom. The van der Waals surface area contributed by atoms with Gasteiger partial charge in [-0.25, -0.2) is 4.79 Å². The normalized spacial score (nSPS) is 14.8. The van der Waals surface area contributed by atoms with Crippen molar-refractivity contribution in [2.75, 3.05) is 18.6 Å². The van der Waals surface area contributed by atoms with Gasteiger partial charge >= 0.3 is 5.97 Å². The van der Waals surface area contributed by atoms with Gasteiger partial charge in [0.15, 0.2) is 0 Å². The first-order chi connectivity index (χ1) is 13.5. The first-order valence-electron chi connectivity index (χ1n) is 9.16. The number of nitrogens with two attached hydrogens (primary N) is 2. The Balaban J connectivity index is 4.90. The third-order valence-corrected chi connectivity index (χ3v) is 4.86. The lowest BCUT2D eigenvalue weighted by molar-refractivity contribution is -0.143. The van der Waals surface area contributed by atoms with Gasteiger partial charge in [-0.15, -0.1) is 0 Å². The molecule has 12 heteroatoms. The van der Waals surface area contributed by atoms with Crippen LogP contribution in [0.2, 0.25) is 0 Å². The van der Waals surface area contributed by atoms with Crippen molar-refractivity contribution in [1.82, 2.24) is 16.0 Å². The number of hydrogen-bond donors (Lipinski definition) is 6. The van der Waals surface area contributed by atoms with Crippen LogP contribution < -0.4 is 27.4 Å². The van der Waals surface area contributed by atoms with Gasteiger partial charge in [0.2, 0.25) is 23.6 Å². The second kappa shape index (κ2) is 13.8. The molecular weight excluding hydrogens is 402 g/mol. The molecule has 0 saturated heterocycles. The number of carboxylic acids is 1. The molecule has 0 saturated carbocycles. The van der Waals surface area contributed by atoms with Crippen LogP contribution in [0.5, 0.6) is 0 Å². The van der Waals surface area contributed by atoms with Crippen LogP contribution in [-0.4, -0.2) is 71.4 Å². The number of carboxylic acid groups (broad SMARTS) is 1. The molecule has 0 heterocycles. The van der Waals surface area contributed by atoms with Crippen molar-refractivity contribution >= 4 is 41.4 Å².